The first-order valence-electron chi connectivity index (χ1n) is 6.22. The third-order valence-corrected chi connectivity index (χ3v) is 3.20. The van der Waals surface area contributed by atoms with Gasteiger partial charge in [0.05, 0.1) is 6.61 Å². The first kappa shape index (κ1) is 12.3. The number of aromatic nitrogens is 1. The molecule has 0 spiro atoms. The van der Waals surface area contributed by atoms with Crippen molar-refractivity contribution in [1.29, 1.82) is 0 Å². The Balaban J connectivity index is 1.80. The summed E-state index contributed by atoms with van der Waals surface area (Å²) in [6.07, 6.45) is 2.62. The van der Waals surface area contributed by atoms with Crippen LogP contribution < -0.4 is 4.74 Å². The van der Waals surface area contributed by atoms with Crippen LogP contribution in [0.5, 0.6) is 5.88 Å². The average Bonchev–Trinajstić information content (AvgIpc) is 2.82. The molecule has 0 bridgehead atoms. The lowest BCUT2D eigenvalue weighted by Crippen LogP contribution is -2.25. The predicted octanol–water partition coefficient (Wildman–Crippen LogP) is 1.36. The molecule has 1 aromatic heterocycles. The number of aryl methyl sites for hydroxylation is 1. The zero-order valence-electron chi connectivity index (χ0n) is 10.4. The van der Waals surface area contributed by atoms with E-state index < -0.39 is 0 Å². The van der Waals surface area contributed by atoms with Crippen molar-refractivity contribution in [2.75, 3.05) is 26.2 Å². The van der Waals surface area contributed by atoms with Gasteiger partial charge >= 0.3 is 0 Å². The zero-order valence-corrected chi connectivity index (χ0v) is 10.4. The van der Waals surface area contributed by atoms with E-state index in [-0.39, 0.29) is 6.61 Å². The Hall–Kier alpha value is -1.13. The molecule has 0 aliphatic carbocycles. The van der Waals surface area contributed by atoms with Gasteiger partial charge in [-0.1, -0.05) is 0 Å². The van der Waals surface area contributed by atoms with E-state index in [9.17, 15) is 0 Å². The fourth-order valence-corrected chi connectivity index (χ4v) is 2.10. The number of hydrogen-bond acceptors (Lipinski definition) is 4. The monoisotopic (exact) mass is 236 g/mol. The van der Waals surface area contributed by atoms with Gasteiger partial charge in [-0.2, -0.15) is 0 Å². The highest BCUT2D eigenvalue weighted by Crippen LogP contribution is 2.13. The Morgan fingerprint density at radius 3 is 2.76 bits per heavy atom. The molecular weight excluding hydrogens is 216 g/mol. The normalized spacial score (nSPS) is 16.4. The molecule has 94 valence electrons. The van der Waals surface area contributed by atoms with Gasteiger partial charge in [-0.15, -0.1) is 0 Å². The van der Waals surface area contributed by atoms with E-state index in [0.717, 1.165) is 17.8 Å². The average molecular weight is 236 g/mol. The number of pyridine rings is 1. The van der Waals surface area contributed by atoms with Crippen LogP contribution in [0.3, 0.4) is 0 Å². The Kier molecular flexibility index (Phi) is 4.34. The van der Waals surface area contributed by atoms with Gasteiger partial charge in [0, 0.05) is 18.3 Å². The summed E-state index contributed by atoms with van der Waals surface area (Å²) in [5, 5.41) is 9.04. The second-order valence-corrected chi connectivity index (χ2v) is 4.45. The number of ether oxygens (including phenoxy) is 1. The first-order valence-corrected chi connectivity index (χ1v) is 6.22. The molecule has 1 aromatic rings. The second kappa shape index (κ2) is 5.98. The van der Waals surface area contributed by atoms with E-state index in [4.69, 9.17) is 9.84 Å². The van der Waals surface area contributed by atoms with E-state index in [2.05, 4.69) is 9.88 Å². The molecule has 0 unspecified atom stereocenters. The van der Waals surface area contributed by atoms with Gasteiger partial charge in [0.25, 0.3) is 0 Å². The smallest absolute Gasteiger partial charge is 0.213 e. The third-order valence-electron chi connectivity index (χ3n) is 3.20. The molecule has 1 fully saturated rings. The lowest BCUT2D eigenvalue weighted by Gasteiger charge is -2.14. The van der Waals surface area contributed by atoms with E-state index in [1.54, 1.807) is 0 Å². The Morgan fingerprint density at radius 1 is 1.35 bits per heavy atom. The molecule has 0 saturated carbocycles. The zero-order chi connectivity index (χ0) is 12.1. The van der Waals surface area contributed by atoms with Crippen LogP contribution in [0.25, 0.3) is 0 Å². The highest BCUT2D eigenvalue weighted by molar-refractivity contribution is 5.24. The van der Waals surface area contributed by atoms with Gasteiger partial charge < -0.3 is 9.84 Å². The number of nitrogens with zero attached hydrogens (tertiary/aromatic N) is 2. The maximum atomic E-state index is 9.04. The minimum absolute atomic E-state index is 0.0346. The van der Waals surface area contributed by atoms with Crippen molar-refractivity contribution in [3.8, 4) is 5.88 Å². The SMILES string of the molecule is Cc1nc(OCCN2CCCC2)ccc1CO. The molecule has 1 aliphatic rings. The van der Waals surface area contributed by atoms with Gasteiger partial charge in [0.2, 0.25) is 5.88 Å². The highest BCUT2D eigenvalue weighted by Gasteiger charge is 2.11. The van der Waals surface area contributed by atoms with Crippen LogP contribution in [0.4, 0.5) is 0 Å². The standard InChI is InChI=1S/C13H20N2O2/c1-11-12(10-16)4-5-13(14-11)17-9-8-15-6-2-3-7-15/h4-5,16H,2-3,6-10H2,1H3. The molecule has 0 amide bonds. The number of aliphatic hydroxyl groups excluding tert-OH is 1. The van der Waals surface area contributed by atoms with Gasteiger partial charge in [-0.3, -0.25) is 4.90 Å². The van der Waals surface area contributed by atoms with Crippen LogP contribution in [-0.2, 0) is 6.61 Å². The number of aliphatic hydroxyl groups is 1. The van der Waals surface area contributed by atoms with E-state index in [0.29, 0.717) is 12.5 Å². The van der Waals surface area contributed by atoms with Gasteiger partial charge in [-0.05, 0) is 44.5 Å². The minimum Gasteiger partial charge on any atom is -0.476 e. The lowest BCUT2D eigenvalue weighted by molar-refractivity contribution is 0.231. The number of hydrogen-bond donors (Lipinski definition) is 1. The topological polar surface area (TPSA) is 45.6 Å². The lowest BCUT2D eigenvalue weighted by atomic mass is 10.2. The van der Waals surface area contributed by atoms with Crippen molar-refractivity contribution in [2.45, 2.75) is 26.4 Å². The fraction of sp³-hybridized carbons (Fsp3) is 0.615. The number of likely N-dealkylation sites (tertiary alicyclic amines) is 1. The van der Waals surface area contributed by atoms with Crippen LogP contribution in [0, 0.1) is 6.92 Å². The van der Waals surface area contributed by atoms with Crippen LogP contribution >= 0.6 is 0 Å². The summed E-state index contributed by atoms with van der Waals surface area (Å²) < 4.78 is 5.61. The summed E-state index contributed by atoms with van der Waals surface area (Å²) in [4.78, 5) is 6.72. The Labute approximate surface area is 102 Å². The van der Waals surface area contributed by atoms with Crippen LogP contribution in [0.1, 0.15) is 24.1 Å². The van der Waals surface area contributed by atoms with Crippen molar-refractivity contribution in [2.24, 2.45) is 0 Å². The minimum atomic E-state index is 0.0346. The summed E-state index contributed by atoms with van der Waals surface area (Å²) in [6, 6.07) is 3.69. The van der Waals surface area contributed by atoms with E-state index >= 15 is 0 Å². The maximum absolute atomic E-state index is 9.04. The summed E-state index contributed by atoms with van der Waals surface area (Å²) in [5.74, 6) is 0.652. The Bertz CT molecular complexity index is 362. The van der Waals surface area contributed by atoms with Gasteiger partial charge in [0.15, 0.2) is 0 Å². The van der Waals surface area contributed by atoms with Crippen LogP contribution in [-0.4, -0.2) is 41.2 Å². The molecule has 4 heteroatoms. The molecule has 17 heavy (non-hydrogen) atoms. The van der Waals surface area contributed by atoms with Crippen molar-refractivity contribution >= 4 is 0 Å². The van der Waals surface area contributed by atoms with Gasteiger partial charge in [-0.25, -0.2) is 4.98 Å². The van der Waals surface area contributed by atoms with Gasteiger partial charge in [0.1, 0.15) is 6.61 Å². The van der Waals surface area contributed by atoms with Crippen molar-refractivity contribution in [3.63, 3.8) is 0 Å². The second-order valence-electron chi connectivity index (χ2n) is 4.45. The molecular formula is C13H20N2O2. The Morgan fingerprint density at radius 2 is 2.12 bits per heavy atom. The highest BCUT2D eigenvalue weighted by atomic mass is 16.5. The molecule has 0 atom stereocenters. The quantitative estimate of drug-likeness (QED) is 0.838. The molecule has 1 saturated heterocycles. The molecule has 2 rings (SSSR count). The van der Waals surface area contributed by atoms with Crippen molar-refractivity contribution in [3.05, 3.63) is 23.4 Å². The van der Waals surface area contributed by atoms with Crippen molar-refractivity contribution < 1.29 is 9.84 Å². The van der Waals surface area contributed by atoms with Crippen LogP contribution in [0.2, 0.25) is 0 Å². The third kappa shape index (κ3) is 3.41. The van der Waals surface area contributed by atoms with Crippen molar-refractivity contribution in [1.82, 2.24) is 9.88 Å². The van der Waals surface area contributed by atoms with E-state index in [1.807, 2.05) is 19.1 Å². The molecule has 2 heterocycles. The summed E-state index contributed by atoms with van der Waals surface area (Å²) in [6.45, 7) is 5.97. The molecule has 0 radical (unpaired) electrons. The maximum Gasteiger partial charge on any atom is 0.213 e. The first-order chi connectivity index (χ1) is 8.29. The summed E-state index contributed by atoms with van der Waals surface area (Å²) in [7, 11) is 0. The molecule has 1 N–H and O–H groups in total. The molecule has 0 aromatic carbocycles. The number of rotatable bonds is 5. The fourth-order valence-electron chi connectivity index (χ4n) is 2.10. The van der Waals surface area contributed by atoms with E-state index in [1.165, 1.54) is 25.9 Å². The largest absolute Gasteiger partial charge is 0.476 e. The predicted molar refractivity (Wildman–Crippen MR) is 66.1 cm³/mol. The summed E-state index contributed by atoms with van der Waals surface area (Å²) >= 11 is 0. The molecule has 1 aliphatic heterocycles. The van der Waals surface area contributed by atoms with Crippen LogP contribution in [0.15, 0.2) is 12.1 Å². The molecule has 4 nitrogen and oxygen atoms in total. The summed E-state index contributed by atoms with van der Waals surface area (Å²) in [5.41, 5.74) is 1.70.